The third-order valence-corrected chi connectivity index (χ3v) is 4.75. The van der Waals surface area contributed by atoms with Crippen LogP contribution in [0.3, 0.4) is 0 Å². The number of fused-ring (bicyclic) bond motifs is 1. The van der Waals surface area contributed by atoms with Crippen molar-refractivity contribution >= 4 is 28.2 Å². The van der Waals surface area contributed by atoms with Gasteiger partial charge in [0.2, 0.25) is 0 Å². The Morgan fingerprint density at radius 3 is 2.74 bits per heavy atom. The van der Waals surface area contributed by atoms with Gasteiger partial charge in [-0.25, -0.2) is 4.79 Å². The van der Waals surface area contributed by atoms with Gasteiger partial charge in [-0.3, -0.25) is 4.79 Å². The van der Waals surface area contributed by atoms with E-state index in [1.54, 1.807) is 13.8 Å². The summed E-state index contributed by atoms with van der Waals surface area (Å²) in [6.45, 7) is 3.20. The second kappa shape index (κ2) is 7.93. The highest BCUT2D eigenvalue weighted by molar-refractivity contribution is 7.16. The third-order valence-electron chi connectivity index (χ3n) is 3.54. The number of hydrogen-bond acceptors (Lipinski definition) is 5. The van der Waals surface area contributed by atoms with Crippen LogP contribution in [0.4, 0.5) is 5.00 Å². The summed E-state index contributed by atoms with van der Waals surface area (Å²) in [6.07, 6.45) is 6.55. The molecule has 5 nitrogen and oxygen atoms in total. The molecule has 0 aliphatic heterocycles. The maximum atomic E-state index is 11.9. The molecule has 6 heteroatoms. The average molecular weight is 332 g/mol. The van der Waals surface area contributed by atoms with Crippen LogP contribution in [0, 0.1) is 11.3 Å². The number of amides is 1. The van der Waals surface area contributed by atoms with Crippen LogP contribution in [0.15, 0.2) is 11.6 Å². The predicted molar refractivity (Wildman–Crippen MR) is 89.3 cm³/mol. The SMILES string of the molecule is CC(C)=CC(=O)OCC(=O)Nc1sc2c(c1C#N)CCCCC2. The monoisotopic (exact) mass is 332 g/mol. The number of nitrogens with zero attached hydrogens (tertiary/aromatic N) is 1. The number of esters is 1. The Kier molecular flexibility index (Phi) is 5.94. The number of nitrogens with one attached hydrogen (secondary N) is 1. The summed E-state index contributed by atoms with van der Waals surface area (Å²) in [6, 6.07) is 2.21. The van der Waals surface area contributed by atoms with Gasteiger partial charge in [-0.1, -0.05) is 12.0 Å². The normalized spacial score (nSPS) is 13.3. The van der Waals surface area contributed by atoms with Crippen molar-refractivity contribution in [3.8, 4) is 6.07 Å². The van der Waals surface area contributed by atoms with E-state index in [1.807, 2.05) is 0 Å². The molecule has 122 valence electrons. The van der Waals surface area contributed by atoms with Gasteiger partial charge in [0.1, 0.15) is 11.1 Å². The zero-order valence-electron chi connectivity index (χ0n) is 13.4. The Morgan fingerprint density at radius 2 is 2.04 bits per heavy atom. The quantitative estimate of drug-likeness (QED) is 0.521. The minimum Gasteiger partial charge on any atom is -0.452 e. The van der Waals surface area contributed by atoms with Crippen molar-refractivity contribution in [3.05, 3.63) is 27.7 Å². The number of allylic oxidation sites excluding steroid dienone is 1. The molecular weight excluding hydrogens is 312 g/mol. The van der Waals surface area contributed by atoms with Gasteiger partial charge < -0.3 is 10.1 Å². The first-order valence-corrected chi connectivity index (χ1v) is 8.49. The van der Waals surface area contributed by atoms with Crippen LogP contribution in [0.1, 0.15) is 49.1 Å². The van der Waals surface area contributed by atoms with Gasteiger partial charge in [0, 0.05) is 11.0 Å². The van der Waals surface area contributed by atoms with Gasteiger partial charge >= 0.3 is 5.97 Å². The van der Waals surface area contributed by atoms with Crippen LogP contribution in [-0.2, 0) is 27.2 Å². The van der Waals surface area contributed by atoms with Crippen molar-refractivity contribution in [2.75, 3.05) is 11.9 Å². The maximum absolute atomic E-state index is 11.9. The second-order valence-electron chi connectivity index (χ2n) is 5.76. The van der Waals surface area contributed by atoms with E-state index in [-0.39, 0.29) is 6.61 Å². The predicted octanol–water partition coefficient (Wildman–Crippen LogP) is 3.34. The number of thiophene rings is 1. The molecule has 1 aromatic heterocycles. The highest BCUT2D eigenvalue weighted by atomic mass is 32.1. The van der Waals surface area contributed by atoms with E-state index < -0.39 is 11.9 Å². The molecule has 1 aliphatic carbocycles. The van der Waals surface area contributed by atoms with Gasteiger partial charge in [-0.15, -0.1) is 11.3 Å². The van der Waals surface area contributed by atoms with E-state index in [0.717, 1.165) is 36.8 Å². The molecule has 23 heavy (non-hydrogen) atoms. The summed E-state index contributed by atoms with van der Waals surface area (Å²) >= 11 is 1.47. The Morgan fingerprint density at radius 1 is 1.30 bits per heavy atom. The number of rotatable bonds is 4. The molecule has 0 bridgehead atoms. The summed E-state index contributed by atoms with van der Waals surface area (Å²) in [7, 11) is 0. The highest BCUT2D eigenvalue weighted by Crippen LogP contribution is 2.36. The minimum atomic E-state index is -0.539. The first-order chi connectivity index (χ1) is 11.0. The van der Waals surface area contributed by atoms with E-state index in [1.165, 1.54) is 28.7 Å². The zero-order valence-corrected chi connectivity index (χ0v) is 14.2. The van der Waals surface area contributed by atoms with Crippen LogP contribution in [0.2, 0.25) is 0 Å². The number of aryl methyl sites for hydroxylation is 1. The van der Waals surface area contributed by atoms with Crippen LogP contribution in [0.25, 0.3) is 0 Å². The molecule has 0 spiro atoms. The number of carbonyl (C=O) groups excluding carboxylic acids is 2. The van der Waals surface area contributed by atoms with Gasteiger partial charge in [-0.2, -0.15) is 5.26 Å². The Balaban J connectivity index is 2.03. The Bertz CT molecular complexity index is 679. The average Bonchev–Trinajstić information content (AvgIpc) is 2.65. The van der Waals surface area contributed by atoms with Gasteiger partial charge in [-0.05, 0) is 45.1 Å². The molecule has 0 radical (unpaired) electrons. The van der Waals surface area contributed by atoms with Crippen molar-refractivity contribution in [1.82, 2.24) is 0 Å². The standard InChI is InChI=1S/C17H20N2O3S/c1-11(2)8-16(21)22-10-15(20)19-17-13(9-18)12-6-4-3-5-7-14(12)23-17/h8H,3-7,10H2,1-2H3,(H,19,20). The maximum Gasteiger partial charge on any atom is 0.331 e. The number of nitriles is 1. The van der Waals surface area contributed by atoms with E-state index in [9.17, 15) is 14.9 Å². The molecule has 1 aromatic rings. The van der Waals surface area contributed by atoms with E-state index in [0.29, 0.717) is 10.6 Å². The van der Waals surface area contributed by atoms with Crippen LogP contribution in [-0.4, -0.2) is 18.5 Å². The van der Waals surface area contributed by atoms with Crippen molar-refractivity contribution in [3.63, 3.8) is 0 Å². The molecule has 1 N–H and O–H groups in total. The molecule has 1 amide bonds. The Labute approximate surface area is 139 Å². The number of carbonyl (C=O) groups is 2. The summed E-state index contributed by atoms with van der Waals surface area (Å²) < 4.78 is 4.88. The highest BCUT2D eigenvalue weighted by Gasteiger charge is 2.21. The summed E-state index contributed by atoms with van der Waals surface area (Å²) in [5, 5.41) is 12.7. The van der Waals surface area contributed by atoms with Gasteiger partial charge in [0.25, 0.3) is 5.91 Å². The van der Waals surface area contributed by atoms with E-state index in [4.69, 9.17) is 4.74 Å². The minimum absolute atomic E-state index is 0.351. The van der Waals surface area contributed by atoms with E-state index >= 15 is 0 Å². The first-order valence-electron chi connectivity index (χ1n) is 7.67. The van der Waals surface area contributed by atoms with Crippen LogP contribution in [0.5, 0.6) is 0 Å². The molecule has 1 heterocycles. The molecule has 0 unspecified atom stereocenters. The topological polar surface area (TPSA) is 79.2 Å². The summed E-state index contributed by atoms with van der Waals surface area (Å²) in [4.78, 5) is 24.5. The van der Waals surface area contributed by atoms with Gasteiger partial charge in [0.05, 0.1) is 5.56 Å². The fourth-order valence-corrected chi connectivity index (χ4v) is 3.78. The van der Waals surface area contributed by atoms with Crippen LogP contribution >= 0.6 is 11.3 Å². The zero-order chi connectivity index (χ0) is 16.8. The lowest BCUT2D eigenvalue weighted by Gasteiger charge is -2.04. The summed E-state index contributed by atoms with van der Waals surface area (Å²) in [5.74, 6) is -0.962. The largest absolute Gasteiger partial charge is 0.452 e. The fourth-order valence-electron chi connectivity index (χ4n) is 2.53. The first kappa shape index (κ1) is 17.2. The third kappa shape index (κ3) is 4.67. The van der Waals surface area contributed by atoms with Crippen molar-refractivity contribution < 1.29 is 14.3 Å². The van der Waals surface area contributed by atoms with Crippen molar-refractivity contribution in [2.24, 2.45) is 0 Å². The van der Waals surface area contributed by atoms with Crippen molar-refractivity contribution in [2.45, 2.75) is 46.0 Å². The molecule has 0 atom stereocenters. The number of hydrogen-bond donors (Lipinski definition) is 1. The lowest BCUT2D eigenvalue weighted by Crippen LogP contribution is -2.20. The molecule has 0 fully saturated rings. The van der Waals surface area contributed by atoms with E-state index in [2.05, 4.69) is 11.4 Å². The van der Waals surface area contributed by atoms with Crippen LogP contribution < -0.4 is 5.32 Å². The Hall–Kier alpha value is -2.13. The lowest BCUT2D eigenvalue weighted by molar-refractivity contribution is -0.142. The molecular formula is C17H20N2O3S. The molecule has 0 saturated carbocycles. The number of anilines is 1. The molecule has 0 saturated heterocycles. The second-order valence-corrected chi connectivity index (χ2v) is 6.86. The lowest BCUT2D eigenvalue weighted by atomic mass is 10.1. The van der Waals surface area contributed by atoms with Gasteiger partial charge in [0.15, 0.2) is 6.61 Å². The molecule has 0 aromatic carbocycles. The molecule has 2 rings (SSSR count). The smallest absolute Gasteiger partial charge is 0.331 e. The molecule has 1 aliphatic rings. The number of ether oxygens (including phenoxy) is 1. The van der Waals surface area contributed by atoms with Crippen molar-refractivity contribution in [1.29, 1.82) is 5.26 Å². The summed E-state index contributed by atoms with van der Waals surface area (Å²) in [5.41, 5.74) is 2.45. The fraction of sp³-hybridized carbons (Fsp3) is 0.471.